The molecule has 37 heavy (non-hydrogen) atoms. The summed E-state index contributed by atoms with van der Waals surface area (Å²) >= 11 is 3.36. The minimum atomic E-state index is -4.62. The van der Waals surface area contributed by atoms with Gasteiger partial charge >= 0.3 is 18.1 Å². The minimum Gasteiger partial charge on any atom is -0.466 e. The van der Waals surface area contributed by atoms with E-state index in [2.05, 4.69) is 15.9 Å². The fraction of sp³-hybridized carbons (Fsp3) is 0.308. The number of rotatable bonds is 7. The van der Waals surface area contributed by atoms with Gasteiger partial charge < -0.3 is 24.8 Å². The highest BCUT2D eigenvalue weighted by atomic mass is 79.9. The number of nitrogens with zero attached hydrogens (tertiary/aromatic N) is 1. The number of allylic oxidation sites excluding steroid dienone is 1. The molecule has 0 saturated carbocycles. The lowest BCUT2D eigenvalue weighted by atomic mass is 9.80. The zero-order chi connectivity index (χ0) is 27.5. The van der Waals surface area contributed by atoms with Crippen LogP contribution in [0.1, 0.15) is 30.9 Å². The van der Waals surface area contributed by atoms with E-state index >= 15 is 0 Å². The van der Waals surface area contributed by atoms with E-state index < -0.39 is 35.7 Å². The van der Waals surface area contributed by atoms with Gasteiger partial charge in [0.15, 0.2) is 0 Å². The Labute approximate surface area is 220 Å². The van der Waals surface area contributed by atoms with Crippen LogP contribution in [0.2, 0.25) is 0 Å². The van der Waals surface area contributed by atoms with Crippen LogP contribution < -0.4 is 10.6 Å². The number of halogens is 4. The molecule has 1 aliphatic rings. The van der Waals surface area contributed by atoms with Gasteiger partial charge in [0, 0.05) is 23.0 Å². The van der Waals surface area contributed by atoms with Gasteiger partial charge in [0.2, 0.25) is 0 Å². The molecule has 2 aromatic carbocycles. The number of carbonyl (C=O) groups excluding carboxylic acids is 2. The van der Waals surface area contributed by atoms with Gasteiger partial charge in [-0.15, -0.1) is 0 Å². The lowest BCUT2D eigenvalue weighted by molar-refractivity contribution is -0.146. The molecular formula is C26H26BrF3N2O5. The first-order chi connectivity index (χ1) is 17.4. The number of nitrogens with two attached hydrogens (primary N) is 1. The van der Waals surface area contributed by atoms with Crippen molar-refractivity contribution >= 4 is 33.6 Å². The topological polar surface area (TPSA) is 91.1 Å². The second-order valence-electron chi connectivity index (χ2n) is 8.33. The number of hydrogen-bond acceptors (Lipinski definition) is 7. The van der Waals surface area contributed by atoms with Crippen molar-refractivity contribution in [2.75, 3.05) is 25.7 Å². The van der Waals surface area contributed by atoms with Crippen LogP contribution in [-0.2, 0) is 30.0 Å². The summed E-state index contributed by atoms with van der Waals surface area (Å²) in [6.07, 6.45) is -5.29. The van der Waals surface area contributed by atoms with Crippen LogP contribution in [0, 0.1) is 0 Å². The van der Waals surface area contributed by atoms with E-state index in [1.54, 1.807) is 31.2 Å². The lowest BCUT2D eigenvalue weighted by Crippen LogP contribution is -2.40. The summed E-state index contributed by atoms with van der Waals surface area (Å²) in [5, 5.41) is 0. The molecule has 0 spiro atoms. The number of carbonyl (C=O) groups is 2. The van der Waals surface area contributed by atoms with Gasteiger partial charge in [-0.2, -0.15) is 13.2 Å². The summed E-state index contributed by atoms with van der Waals surface area (Å²) in [5.74, 6) is -2.80. The van der Waals surface area contributed by atoms with Crippen molar-refractivity contribution in [2.24, 2.45) is 5.73 Å². The molecule has 2 N–H and O–H groups in total. The predicted octanol–water partition coefficient (Wildman–Crippen LogP) is 5.27. The maximum absolute atomic E-state index is 13.5. The normalized spacial score (nSPS) is 17.1. The third-order valence-corrected chi connectivity index (χ3v) is 6.32. The maximum Gasteiger partial charge on any atom is 0.416 e. The Morgan fingerprint density at radius 3 is 2.30 bits per heavy atom. The number of ether oxygens (including phenoxy) is 3. The third kappa shape index (κ3) is 5.99. The summed E-state index contributed by atoms with van der Waals surface area (Å²) in [6.45, 7) is 3.24. The summed E-state index contributed by atoms with van der Waals surface area (Å²) in [6, 6.07) is 11.3. The second-order valence-corrected chi connectivity index (χ2v) is 9.24. The molecule has 0 aromatic heterocycles. The fourth-order valence-corrected chi connectivity index (χ4v) is 4.44. The largest absolute Gasteiger partial charge is 0.466 e. The van der Waals surface area contributed by atoms with Gasteiger partial charge in [-0.3, -0.25) is 0 Å². The lowest BCUT2D eigenvalue weighted by Gasteiger charge is -2.37. The quantitative estimate of drug-likeness (QED) is 0.445. The van der Waals surface area contributed by atoms with Crippen LogP contribution in [0.15, 0.2) is 75.7 Å². The van der Waals surface area contributed by atoms with Gasteiger partial charge in [0.25, 0.3) is 0 Å². The van der Waals surface area contributed by atoms with Gasteiger partial charge in [-0.05, 0) is 49.7 Å². The first-order valence-electron chi connectivity index (χ1n) is 11.1. The van der Waals surface area contributed by atoms with Crippen LogP contribution >= 0.6 is 15.9 Å². The minimum absolute atomic E-state index is 0.00993. The number of esters is 2. The molecule has 7 nitrogen and oxygen atoms in total. The Hall–Kier alpha value is -3.31. The Morgan fingerprint density at radius 1 is 1.08 bits per heavy atom. The molecule has 198 valence electrons. The molecule has 2 atom stereocenters. The van der Waals surface area contributed by atoms with Crippen LogP contribution in [0.25, 0.3) is 0 Å². The second kappa shape index (κ2) is 11.4. The number of alkyl halides is 3. The van der Waals surface area contributed by atoms with Crippen molar-refractivity contribution in [3.63, 3.8) is 0 Å². The van der Waals surface area contributed by atoms with Gasteiger partial charge in [-0.1, -0.05) is 34.1 Å². The summed E-state index contributed by atoms with van der Waals surface area (Å²) in [5.41, 5.74) is 6.25. The Kier molecular flexibility index (Phi) is 8.70. The predicted molar refractivity (Wildman–Crippen MR) is 134 cm³/mol. The molecule has 0 aliphatic carbocycles. The van der Waals surface area contributed by atoms with E-state index in [0.717, 1.165) is 16.6 Å². The van der Waals surface area contributed by atoms with E-state index in [9.17, 15) is 22.8 Å². The van der Waals surface area contributed by atoms with Crippen LogP contribution in [-0.4, -0.2) is 38.9 Å². The molecule has 0 bridgehead atoms. The molecule has 1 heterocycles. The van der Waals surface area contributed by atoms with Crippen molar-refractivity contribution in [1.29, 1.82) is 0 Å². The van der Waals surface area contributed by atoms with Crippen LogP contribution in [0.3, 0.4) is 0 Å². The Balaban J connectivity index is 2.30. The number of methoxy groups -OCH3 is 2. The number of benzene rings is 2. The molecule has 11 heteroatoms. The highest BCUT2D eigenvalue weighted by Gasteiger charge is 2.42. The van der Waals surface area contributed by atoms with Crippen molar-refractivity contribution in [3.05, 3.63) is 86.8 Å². The molecule has 2 aromatic rings. The maximum atomic E-state index is 13.5. The summed E-state index contributed by atoms with van der Waals surface area (Å²) in [4.78, 5) is 27.8. The van der Waals surface area contributed by atoms with Crippen molar-refractivity contribution in [1.82, 2.24) is 0 Å². The van der Waals surface area contributed by atoms with E-state index in [4.69, 9.17) is 19.9 Å². The smallest absolute Gasteiger partial charge is 0.416 e. The average Bonchev–Trinajstić information content (AvgIpc) is 2.83. The third-order valence-electron chi connectivity index (χ3n) is 5.79. The fourth-order valence-electron chi connectivity index (χ4n) is 4.18. The molecular weight excluding hydrogens is 557 g/mol. The molecule has 0 fully saturated rings. The molecule has 2 unspecified atom stereocenters. The van der Waals surface area contributed by atoms with Crippen molar-refractivity contribution < 1.29 is 37.0 Å². The molecule has 1 aliphatic heterocycles. The average molecular weight is 583 g/mol. The molecule has 3 rings (SSSR count). The van der Waals surface area contributed by atoms with Gasteiger partial charge in [0.05, 0.1) is 36.3 Å². The first kappa shape index (κ1) is 28.3. The zero-order valence-corrected chi connectivity index (χ0v) is 22.1. The van der Waals surface area contributed by atoms with Gasteiger partial charge in [-0.25, -0.2) is 9.59 Å². The summed E-state index contributed by atoms with van der Waals surface area (Å²) < 4.78 is 56.8. The van der Waals surface area contributed by atoms with Crippen LogP contribution in [0.5, 0.6) is 0 Å². The molecule has 0 saturated heterocycles. The number of hydrogen-bond donors (Lipinski definition) is 1. The van der Waals surface area contributed by atoms with E-state index in [-0.39, 0.29) is 35.0 Å². The Bertz CT molecular complexity index is 1240. The first-order valence-corrected chi connectivity index (χ1v) is 11.9. The van der Waals surface area contributed by atoms with E-state index in [1.165, 1.54) is 38.2 Å². The van der Waals surface area contributed by atoms with Crippen molar-refractivity contribution in [2.45, 2.75) is 32.0 Å². The SMILES string of the molecule is COCC(C)OC(=O)C1=C(N)N(c2cccc(C(F)(F)F)c2)C(C)=C(C(=O)OC)C1c1ccc(Br)cc1. The molecule has 0 amide bonds. The Morgan fingerprint density at radius 2 is 1.73 bits per heavy atom. The van der Waals surface area contributed by atoms with E-state index in [0.29, 0.717) is 5.56 Å². The van der Waals surface area contributed by atoms with Crippen molar-refractivity contribution in [3.8, 4) is 0 Å². The molecule has 0 radical (unpaired) electrons. The monoisotopic (exact) mass is 582 g/mol. The highest BCUT2D eigenvalue weighted by Crippen LogP contribution is 2.44. The standard InChI is InChI=1S/C26H26BrF3N2O5/c1-14(13-35-3)37-25(34)22-21(16-8-10-18(27)11-9-16)20(24(33)36-4)15(2)32(23(22)31)19-7-5-6-17(12-19)26(28,29)30/h5-12,14,21H,13,31H2,1-4H3. The van der Waals surface area contributed by atoms with Gasteiger partial charge in [0.1, 0.15) is 11.9 Å². The highest BCUT2D eigenvalue weighted by molar-refractivity contribution is 9.10. The van der Waals surface area contributed by atoms with Crippen LogP contribution in [0.4, 0.5) is 18.9 Å². The van der Waals surface area contributed by atoms with E-state index in [1.807, 2.05) is 0 Å². The number of anilines is 1. The summed E-state index contributed by atoms with van der Waals surface area (Å²) in [7, 11) is 2.62. The zero-order valence-electron chi connectivity index (χ0n) is 20.6.